The Labute approximate surface area is 186 Å². The first kappa shape index (κ1) is 20.4. The van der Waals surface area contributed by atoms with Crippen molar-refractivity contribution in [2.45, 2.75) is 25.8 Å². The zero-order valence-corrected chi connectivity index (χ0v) is 18.8. The Morgan fingerprint density at radius 3 is 2.41 bits per heavy atom. The summed E-state index contributed by atoms with van der Waals surface area (Å²) in [4.78, 5) is 24.3. The molecular formula is C24H27N5O3. The molecule has 0 aliphatic carbocycles. The molecule has 0 bridgehead atoms. The lowest BCUT2D eigenvalue weighted by atomic mass is 10.0. The maximum absolute atomic E-state index is 13.0. The summed E-state index contributed by atoms with van der Waals surface area (Å²) in [5.41, 5.74) is 4.01. The second kappa shape index (κ2) is 7.85. The third-order valence-corrected chi connectivity index (χ3v) is 6.49. The fourth-order valence-electron chi connectivity index (χ4n) is 4.78. The third kappa shape index (κ3) is 3.18. The van der Waals surface area contributed by atoms with Crippen molar-refractivity contribution < 1.29 is 9.47 Å². The molecule has 8 nitrogen and oxygen atoms in total. The Balaban J connectivity index is 1.46. The average Bonchev–Trinajstić information content (AvgIpc) is 3.07. The maximum Gasteiger partial charge on any atom is 0.329 e. The molecule has 3 heterocycles. The molecule has 0 saturated carbocycles. The fourth-order valence-corrected chi connectivity index (χ4v) is 4.78. The van der Waals surface area contributed by atoms with E-state index in [1.807, 2.05) is 23.7 Å². The van der Waals surface area contributed by atoms with Crippen LogP contribution in [0.4, 0.5) is 5.82 Å². The molecule has 2 aromatic carbocycles. The first-order chi connectivity index (χ1) is 15.5. The van der Waals surface area contributed by atoms with E-state index in [0.717, 1.165) is 59.2 Å². The van der Waals surface area contributed by atoms with Crippen molar-refractivity contribution in [3.8, 4) is 11.5 Å². The van der Waals surface area contributed by atoms with Crippen molar-refractivity contribution >= 4 is 27.8 Å². The van der Waals surface area contributed by atoms with Gasteiger partial charge in [0, 0.05) is 37.6 Å². The van der Waals surface area contributed by atoms with Crippen LogP contribution in [0.1, 0.15) is 24.4 Å². The molecule has 1 saturated heterocycles. The van der Waals surface area contributed by atoms with E-state index in [1.165, 1.54) is 0 Å². The Kier molecular flexibility index (Phi) is 5.00. The Morgan fingerprint density at radius 1 is 0.969 bits per heavy atom. The molecule has 32 heavy (non-hydrogen) atoms. The van der Waals surface area contributed by atoms with Gasteiger partial charge in [0.1, 0.15) is 12.1 Å². The summed E-state index contributed by atoms with van der Waals surface area (Å²) in [6.07, 6.45) is 3.32. The van der Waals surface area contributed by atoms with Crippen LogP contribution in [0.5, 0.6) is 11.5 Å². The number of fused-ring (bicyclic) bond motifs is 2. The minimum atomic E-state index is 0.0494. The molecule has 0 spiro atoms. The van der Waals surface area contributed by atoms with Gasteiger partial charge in [0.2, 0.25) is 0 Å². The summed E-state index contributed by atoms with van der Waals surface area (Å²) >= 11 is 0. The van der Waals surface area contributed by atoms with Crippen molar-refractivity contribution in [1.82, 2.24) is 19.1 Å². The lowest BCUT2D eigenvalue weighted by Crippen LogP contribution is -2.38. The lowest BCUT2D eigenvalue weighted by molar-refractivity contribution is 0.355. The molecule has 0 radical (unpaired) electrons. The molecule has 2 aromatic heterocycles. The van der Waals surface area contributed by atoms with Crippen LogP contribution >= 0.6 is 0 Å². The summed E-state index contributed by atoms with van der Waals surface area (Å²) in [7, 11) is 5.10. The lowest BCUT2D eigenvalue weighted by Gasteiger charge is -2.33. The van der Waals surface area contributed by atoms with Crippen LogP contribution in [0.2, 0.25) is 0 Å². The standard InChI is InChI=1S/C24H27N5O3/c1-15-5-6-19-20(11-15)27(2)24(30)29(19)16-7-9-28(10-8-16)23-17-12-21(31-3)22(32-4)13-18(17)25-14-26-23/h5-6,11-14,16H,7-10H2,1-4H3. The molecule has 0 atom stereocenters. The number of hydrogen-bond acceptors (Lipinski definition) is 6. The van der Waals surface area contributed by atoms with E-state index in [0.29, 0.717) is 11.5 Å². The number of piperidine rings is 1. The van der Waals surface area contributed by atoms with E-state index in [9.17, 15) is 4.79 Å². The van der Waals surface area contributed by atoms with Crippen LogP contribution in [-0.4, -0.2) is 46.4 Å². The van der Waals surface area contributed by atoms with E-state index in [-0.39, 0.29) is 11.7 Å². The molecule has 1 aliphatic heterocycles. The molecular weight excluding hydrogens is 406 g/mol. The van der Waals surface area contributed by atoms with Crippen LogP contribution in [0.25, 0.3) is 21.9 Å². The Hall–Kier alpha value is -3.55. The van der Waals surface area contributed by atoms with Gasteiger partial charge in [-0.2, -0.15) is 0 Å². The highest BCUT2D eigenvalue weighted by atomic mass is 16.5. The zero-order valence-electron chi connectivity index (χ0n) is 18.8. The first-order valence-electron chi connectivity index (χ1n) is 10.8. The number of nitrogens with zero attached hydrogens (tertiary/aromatic N) is 5. The van der Waals surface area contributed by atoms with Crippen LogP contribution in [0, 0.1) is 6.92 Å². The Morgan fingerprint density at radius 2 is 1.69 bits per heavy atom. The number of ether oxygens (including phenoxy) is 2. The quantitative estimate of drug-likeness (QED) is 0.491. The predicted molar refractivity (Wildman–Crippen MR) is 125 cm³/mol. The number of methoxy groups -OCH3 is 2. The van der Waals surface area contributed by atoms with E-state index in [1.54, 1.807) is 25.1 Å². The minimum Gasteiger partial charge on any atom is -0.493 e. The predicted octanol–water partition coefficient (Wildman–Crippen LogP) is 3.45. The number of rotatable bonds is 4. The summed E-state index contributed by atoms with van der Waals surface area (Å²) in [5, 5.41) is 0.932. The summed E-state index contributed by atoms with van der Waals surface area (Å²) in [5.74, 6) is 2.19. The molecule has 5 rings (SSSR count). The second-order valence-corrected chi connectivity index (χ2v) is 8.34. The molecule has 0 unspecified atom stereocenters. The van der Waals surface area contributed by atoms with E-state index < -0.39 is 0 Å². The molecule has 8 heteroatoms. The van der Waals surface area contributed by atoms with E-state index >= 15 is 0 Å². The van der Waals surface area contributed by atoms with Crippen LogP contribution < -0.4 is 20.1 Å². The summed E-state index contributed by atoms with van der Waals surface area (Å²) < 4.78 is 14.6. The van der Waals surface area contributed by atoms with Crippen molar-refractivity contribution in [3.63, 3.8) is 0 Å². The number of imidazole rings is 1. The van der Waals surface area contributed by atoms with Gasteiger partial charge in [0.05, 0.1) is 30.8 Å². The fraction of sp³-hybridized carbons (Fsp3) is 0.375. The van der Waals surface area contributed by atoms with Gasteiger partial charge in [-0.3, -0.25) is 9.13 Å². The van der Waals surface area contributed by atoms with Gasteiger partial charge in [-0.25, -0.2) is 14.8 Å². The number of benzene rings is 2. The first-order valence-corrected chi connectivity index (χ1v) is 10.8. The van der Waals surface area contributed by atoms with Crippen molar-refractivity contribution in [1.29, 1.82) is 0 Å². The zero-order chi connectivity index (χ0) is 22.4. The normalized spacial score (nSPS) is 14.9. The average molecular weight is 434 g/mol. The molecule has 0 N–H and O–H groups in total. The van der Waals surface area contributed by atoms with Gasteiger partial charge in [0.25, 0.3) is 0 Å². The van der Waals surface area contributed by atoms with Crippen molar-refractivity contribution in [3.05, 3.63) is 52.7 Å². The monoisotopic (exact) mass is 433 g/mol. The number of hydrogen-bond donors (Lipinski definition) is 0. The van der Waals surface area contributed by atoms with E-state index in [2.05, 4.69) is 40.0 Å². The molecule has 4 aromatic rings. The van der Waals surface area contributed by atoms with Crippen LogP contribution in [-0.2, 0) is 7.05 Å². The summed E-state index contributed by atoms with van der Waals surface area (Å²) in [6, 6.07) is 10.2. The topological polar surface area (TPSA) is 74.4 Å². The molecule has 166 valence electrons. The van der Waals surface area contributed by atoms with Gasteiger partial charge in [-0.15, -0.1) is 0 Å². The van der Waals surface area contributed by atoms with Crippen LogP contribution in [0.15, 0.2) is 41.5 Å². The van der Waals surface area contributed by atoms with Gasteiger partial charge < -0.3 is 14.4 Å². The maximum atomic E-state index is 13.0. The van der Waals surface area contributed by atoms with Gasteiger partial charge in [0.15, 0.2) is 11.5 Å². The SMILES string of the molecule is COc1cc2ncnc(N3CCC(n4c(=O)n(C)c5cc(C)ccc54)CC3)c2cc1OC. The van der Waals surface area contributed by atoms with Gasteiger partial charge >= 0.3 is 5.69 Å². The smallest absolute Gasteiger partial charge is 0.329 e. The summed E-state index contributed by atoms with van der Waals surface area (Å²) in [6.45, 7) is 3.66. The Bertz CT molecular complexity index is 1370. The van der Waals surface area contributed by atoms with Crippen LogP contribution in [0.3, 0.4) is 0 Å². The number of anilines is 1. The molecule has 1 aliphatic rings. The molecule has 0 amide bonds. The highest BCUT2D eigenvalue weighted by Crippen LogP contribution is 2.36. The van der Waals surface area contributed by atoms with Crippen molar-refractivity contribution in [2.75, 3.05) is 32.2 Å². The van der Waals surface area contributed by atoms with Crippen molar-refractivity contribution in [2.24, 2.45) is 7.05 Å². The largest absolute Gasteiger partial charge is 0.493 e. The highest BCUT2D eigenvalue weighted by Gasteiger charge is 2.26. The van der Waals surface area contributed by atoms with Gasteiger partial charge in [-0.1, -0.05) is 6.07 Å². The number of aromatic nitrogens is 4. The minimum absolute atomic E-state index is 0.0494. The number of aryl methyl sites for hydroxylation is 2. The van der Waals surface area contributed by atoms with E-state index in [4.69, 9.17) is 9.47 Å². The van der Waals surface area contributed by atoms with Gasteiger partial charge in [-0.05, 0) is 43.5 Å². The highest BCUT2D eigenvalue weighted by molar-refractivity contribution is 5.92. The third-order valence-electron chi connectivity index (χ3n) is 6.49. The second-order valence-electron chi connectivity index (χ2n) is 8.34. The molecule has 1 fully saturated rings.